The molecule has 1 aliphatic heterocycles. The highest BCUT2D eigenvalue weighted by molar-refractivity contribution is 6.09. The van der Waals surface area contributed by atoms with Crippen LogP contribution in [-0.4, -0.2) is 67.1 Å². The van der Waals surface area contributed by atoms with E-state index in [1.165, 1.54) is 0 Å². The Morgan fingerprint density at radius 2 is 1.54 bits per heavy atom. The van der Waals surface area contributed by atoms with E-state index < -0.39 is 0 Å². The molecule has 0 spiro atoms. The van der Waals surface area contributed by atoms with Crippen LogP contribution in [0, 0.1) is 0 Å². The second kappa shape index (κ2) is 13.0. The maximum absolute atomic E-state index is 14.2. The summed E-state index contributed by atoms with van der Waals surface area (Å²) in [6.07, 6.45) is 0.809. The smallest absolute Gasteiger partial charge is 0.252 e. The molecule has 1 fully saturated rings. The summed E-state index contributed by atoms with van der Waals surface area (Å²) in [7, 11) is 1.75. The Morgan fingerprint density at radius 3 is 2.23 bits per heavy atom. The minimum Gasteiger partial charge on any atom is -0.383 e. The number of benzene rings is 3. The zero-order chi connectivity index (χ0) is 27.0. The number of para-hydroxylation sites is 1. The molecule has 6 nitrogen and oxygen atoms in total. The molecule has 3 aromatic carbocycles. The van der Waals surface area contributed by atoms with E-state index in [4.69, 9.17) is 9.72 Å². The fourth-order valence-corrected chi connectivity index (χ4v) is 5.45. The molecule has 1 amide bonds. The maximum atomic E-state index is 14.2. The van der Waals surface area contributed by atoms with Crippen molar-refractivity contribution in [2.45, 2.75) is 25.9 Å². The number of amides is 1. The Kier molecular flexibility index (Phi) is 8.99. The second-order valence-electron chi connectivity index (χ2n) is 10.2. The first-order chi connectivity index (χ1) is 19.2. The predicted molar refractivity (Wildman–Crippen MR) is 158 cm³/mol. The van der Waals surface area contributed by atoms with Gasteiger partial charge in [-0.25, -0.2) is 4.98 Å². The molecule has 202 valence electrons. The van der Waals surface area contributed by atoms with Gasteiger partial charge in [-0.15, -0.1) is 0 Å². The van der Waals surface area contributed by atoms with Crippen LogP contribution in [0.3, 0.4) is 0 Å². The van der Waals surface area contributed by atoms with Crippen molar-refractivity contribution in [3.8, 4) is 11.3 Å². The normalized spacial score (nSPS) is 15.3. The number of piperazine rings is 1. The number of methoxy groups -OCH3 is 1. The minimum atomic E-state index is -0.0667. The van der Waals surface area contributed by atoms with Crippen molar-refractivity contribution in [1.29, 1.82) is 0 Å². The van der Waals surface area contributed by atoms with Gasteiger partial charge in [0.25, 0.3) is 5.91 Å². The number of carbonyl (C=O) groups is 1. The van der Waals surface area contributed by atoms with Gasteiger partial charge in [0.15, 0.2) is 0 Å². The molecule has 1 atom stereocenters. The van der Waals surface area contributed by atoms with Crippen LogP contribution in [0.1, 0.15) is 40.9 Å². The lowest BCUT2D eigenvalue weighted by atomic mass is 9.94. The van der Waals surface area contributed by atoms with E-state index in [1.807, 2.05) is 60.7 Å². The molecule has 1 saturated heterocycles. The minimum absolute atomic E-state index is 0.0461. The monoisotopic (exact) mass is 522 g/mol. The Hall–Kier alpha value is -3.58. The number of nitrogens with one attached hydrogen (secondary N) is 1. The SMILES string of the molecule is CC[C@H](NC(=O)c1c(CN2CCN(CCOC)CC2)c(-c2ccccc2)nc2ccccc12)c1ccccc1. The van der Waals surface area contributed by atoms with Crippen molar-refractivity contribution in [2.24, 2.45) is 0 Å². The molecule has 0 unspecified atom stereocenters. The number of nitrogens with zero attached hydrogens (tertiary/aromatic N) is 3. The summed E-state index contributed by atoms with van der Waals surface area (Å²) < 4.78 is 5.28. The summed E-state index contributed by atoms with van der Waals surface area (Å²) in [6.45, 7) is 8.32. The van der Waals surface area contributed by atoms with Crippen LogP contribution in [0.2, 0.25) is 0 Å². The molecule has 0 bridgehead atoms. The molecule has 2 heterocycles. The fourth-order valence-electron chi connectivity index (χ4n) is 5.45. The zero-order valence-corrected chi connectivity index (χ0v) is 23.0. The lowest BCUT2D eigenvalue weighted by Crippen LogP contribution is -2.47. The van der Waals surface area contributed by atoms with Crippen molar-refractivity contribution in [3.63, 3.8) is 0 Å². The summed E-state index contributed by atoms with van der Waals surface area (Å²) in [5.41, 5.74) is 5.59. The van der Waals surface area contributed by atoms with Crippen molar-refractivity contribution in [2.75, 3.05) is 46.4 Å². The number of hydrogen-bond acceptors (Lipinski definition) is 5. The van der Waals surface area contributed by atoms with Gasteiger partial charge in [0, 0.05) is 62.9 Å². The topological polar surface area (TPSA) is 57.7 Å². The van der Waals surface area contributed by atoms with Crippen molar-refractivity contribution in [3.05, 3.63) is 102 Å². The van der Waals surface area contributed by atoms with Gasteiger partial charge in [-0.3, -0.25) is 14.6 Å². The Bertz CT molecular complexity index is 1370. The fraction of sp³-hybridized carbons (Fsp3) is 0.333. The first kappa shape index (κ1) is 27.0. The standard InChI is InChI=1S/C33H38N4O2/c1-3-29(25-12-6-4-7-13-25)35-33(38)31-27-16-10-11-17-30(27)34-32(26-14-8-5-9-15-26)28(31)24-37-20-18-36(19-21-37)22-23-39-2/h4-17,29H,3,18-24H2,1-2H3,(H,35,38)/t29-/m0/s1. The van der Waals surface area contributed by atoms with E-state index in [-0.39, 0.29) is 11.9 Å². The Balaban J connectivity index is 1.55. The molecular formula is C33H38N4O2. The van der Waals surface area contributed by atoms with Gasteiger partial charge in [-0.05, 0) is 18.1 Å². The molecule has 6 heteroatoms. The molecule has 1 aliphatic rings. The van der Waals surface area contributed by atoms with Gasteiger partial charge in [-0.2, -0.15) is 0 Å². The third-order valence-corrected chi connectivity index (χ3v) is 7.64. The number of rotatable bonds is 10. The van der Waals surface area contributed by atoms with Gasteiger partial charge >= 0.3 is 0 Å². The van der Waals surface area contributed by atoms with Gasteiger partial charge in [0.05, 0.1) is 29.4 Å². The number of fused-ring (bicyclic) bond motifs is 1. The zero-order valence-electron chi connectivity index (χ0n) is 23.0. The largest absolute Gasteiger partial charge is 0.383 e. The molecule has 39 heavy (non-hydrogen) atoms. The quantitative estimate of drug-likeness (QED) is 0.296. The van der Waals surface area contributed by atoms with Gasteiger partial charge in [0.2, 0.25) is 0 Å². The second-order valence-corrected chi connectivity index (χ2v) is 10.2. The van der Waals surface area contributed by atoms with Crippen LogP contribution in [0.5, 0.6) is 0 Å². The Labute approximate surface area is 231 Å². The lowest BCUT2D eigenvalue weighted by Gasteiger charge is -2.35. The van der Waals surface area contributed by atoms with E-state index in [2.05, 4.69) is 46.3 Å². The molecule has 0 radical (unpaired) electrons. The molecule has 1 aromatic heterocycles. The average Bonchev–Trinajstić information content (AvgIpc) is 3.00. The molecule has 4 aromatic rings. The van der Waals surface area contributed by atoms with Crippen LogP contribution < -0.4 is 5.32 Å². The van der Waals surface area contributed by atoms with Crippen molar-refractivity contribution < 1.29 is 9.53 Å². The van der Waals surface area contributed by atoms with Crippen LogP contribution in [0.4, 0.5) is 0 Å². The van der Waals surface area contributed by atoms with Gasteiger partial charge < -0.3 is 10.1 Å². The summed E-state index contributed by atoms with van der Waals surface area (Å²) in [6, 6.07) is 28.4. The molecule has 1 N–H and O–H groups in total. The molecule has 0 aliphatic carbocycles. The van der Waals surface area contributed by atoms with E-state index in [1.54, 1.807) is 7.11 Å². The van der Waals surface area contributed by atoms with E-state index >= 15 is 0 Å². The van der Waals surface area contributed by atoms with E-state index in [0.29, 0.717) is 6.54 Å². The Morgan fingerprint density at radius 1 is 0.897 bits per heavy atom. The first-order valence-electron chi connectivity index (χ1n) is 13.9. The highest BCUT2D eigenvalue weighted by atomic mass is 16.5. The van der Waals surface area contributed by atoms with Gasteiger partial charge in [0.1, 0.15) is 0 Å². The first-order valence-corrected chi connectivity index (χ1v) is 13.9. The predicted octanol–water partition coefficient (Wildman–Crippen LogP) is 5.55. The third-order valence-electron chi connectivity index (χ3n) is 7.64. The summed E-state index contributed by atoms with van der Waals surface area (Å²) in [4.78, 5) is 24.3. The van der Waals surface area contributed by atoms with Gasteiger partial charge in [-0.1, -0.05) is 85.8 Å². The van der Waals surface area contributed by atoms with E-state index in [0.717, 1.165) is 84.6 Å². The number of ether oxygens (including phenoxy) is 1. The molecule has 5 rings (SSSR count). The molecule has 0 saturated carbocycles. The van der Waals surface area contributed by atoms with E-state index in [9.17, 15) is 4.79 Å². The number of pyridine rings is 1. The average molecular weight is 523 g/mol. The third kappa shape index (κ3) is 6.36. The summed E-state index contributed by atoms with van der Waals surface area (Å²) in [5, 5.41) is 4.27. The highest BCUT2D eigenvalue weighted by Gasteiger charge is 2.26. The lowest BCUT2D eigenvalue weighted by molar-refractivity contribution is 0.0908. The van der Waals surface area contributed by atoms with Crippen LogP contribution in [0.25, 0.3) is 22.2 Å². The number of carbonyl (C=O) groups excluding carboxylic acids is 1. The maximum Gasteiger partial charge on any atom is 0.252 e. The van der Waals surface area contributed by atoms with Crippen molar-refractivity contribution in [1.82, 2.24) is 20.1 Å². The van der Waals surface area contributed by atoms with Crippen LogP contribution in [0.15, 0.2) is 84.9 Å². The number of hydrogen-bond donors (Lipinski definition) is 1. The summed E-state index contributed by atoms with van der Waals surface area (Å²) in [5.74, 6) is -0.0461. The van der Waals surface area contributed by atoms with Crippen LogP contribution in [-0.2, 0) is 11.3 Å². The van der Waals surface area contributed by atoms with Crippen LogP contribution >= 0.6 is 0 Å². The van der Waals surface area contributed by atoms with Crippen molar-refractivity contribution >= 4 is 16.8 Å². The summed E-state index contributed by atoms with van der Waals surface area (Å²) >= 11 is 0. The number of aromatic nitrogens is 1. The molecular weight excluding hydrogens is 484 g/mol. The highest BCUT2D eigenvalue weighted by Crippen LogP contribution is 2.32.